The van der Waals surface area contributed by atoms with E-state index in [-0.39, 0.29) is 0 Å². The van der Waals surface area contributed by atoms with E-state index in [1.807, 2.05) is 6.33 Å². The van der Waals surface area contributed by atoms with Gasteiger partial charge >= 0.3 is 0 Å². The number of hydrogen-bond donors (Lipinski definition) is 1. The molecular formula is C14H21N3. The Morgan fingerprint density at radius 3 is 2.71 bits per heavy atom. The summed E-state index contributed by atoms with van der Waals surface area (Å²) in [5, 5.41) is 0. The summed E-state index contributed by atoms with van der Waals surface area (Å²) >= 11 is 0. The van der Waals surface area contributed by atoms with Crippen molar-refractivity contribution >= 4 is 11.0 Å². The molecule has 2 aromatic rings. The van der Waals surface area contributed by atoms with Gasteiger partial charge in [-0.15, -0.1) is 0 Å². The lowest BCUT2D eigenvalue weighted by Gasteiger charge is -2.14. The van der Waals surface area contributed by atoms with Crippen molar-refractivity contribution in [2.24, 2.45) is 5.73 Å². The maximum absolute atomic E-state index is 5.56. The fraction of sp³-hybridized carbons (Fsp3) is 0.500. The first-order valence-corrected chi connectivity index (χ1v) is 6.27. The molecule has 0 saturated carbocycles. The van der Waals surface area contributed by atoms with Crippen molar-refractivity contribution in [3.05, 3.63) is 29.6 Å². The molecule has 17 heavy (non-hydrogen) atoms. The van der Waals surface area contributed by atoms with E-state index < -0.39 is 0 Å². The molecule has 0 saturated heterocycles. The van der Waals surface area contributed by atoms with Crippen molar-refractivity contribution in [3.63, 3.8) is 0 Å². The molecule has 0 radical (unpaired) electrons. The van der Waals surface area contributed by atoms with Crippen molar-refractivity contribution in [2.45, 2.75) is 39.7 Å². The second kappa shape index (κ2) is 4.88. The number of aryl methyl sites for hydroxylation is 2. The van der Waals surface area contributed by atoms with Gasteiger partial charge in [0.15, 0.2) is 0 Å². The number of rotatable bonds is 4. The van der Waals surface area contributed by atoms with E-state index in [0.717, 1.165) is 24.9 Å². The Hall–Kier alpha value is -1.35. The Balaban J connectivity index is 2.38. The van der Waals surface area contributed by atoms with Crippen LogP contribution >= 0.6 is 0 Å². The summed E-state index contributed by atoms with van der Waals surface area (Å²) in [5.41, 5.74) is 10.5. The molecule has 1 heterocycles. The molecule has 0 amide bonds. The zero-order valence-corrected chi connectivity index (χ0v) is 10.9. The SMILES string of the molecule is Cc1cc2ncn(C(C)CCCN)c2cc1C. The predicted molar refractivity (Wildman–Crippen MR) is 72.2 cm³/mol. The van der Waals surface area contributed by atoms with E-state index in [2.05, 4.69) is 42.5 Å². The lowest BCUT2D eigenvalue weighted by Crippen LogP contribution is -2.07. The number of nitrogens with zero attached hydrogens (tertiary/aromatic N) is 2. The quantitative estimate of drug-likeness (QED) is 0.879. The molecule has 0 fully saturated rings. The summed E-state index contributed by atoms with van der Waals surface area (Å²) in [7, 11) is 0. The Morgan fingerprint density at radius 1 is 1.29 bits per heavy atom. The van der Waals surface area contributed by atoms with Crippen LogP contribution < -0.4 is 5.73 Å². The minimum Gasteiger partial charge on any atom is -0.330 e. The standard InChI is InChI=1S/C14H21N3/c1-10-7-13-14(8-11(10)2)17(9-16-13)12(3)5-4-6-15/h7-9,12H,4-6,15H2,1-3H3. The Kier molecular flexibility index (Phi) is 3.48. The number of hydrogen-bond acceptors (Lipinski definition) is 2. The zero-order valence-electron chi connectivity index (χ0n) is 10.9. The molecule has 1 aromatic heterocycles. The van der Waals surface area contributed by atoms with E-state index in [9.17, 15) is 0 Å². The summed E-state index contributed by atoms with van der Waals surface area (Å²) < 4.78 is 2.26. The molecule has 0 aliphatic heterocycles. The maximum atomic E-state index is 5.56. The Morgan fingerprint density at radius 2 is 2.00 bits per heavy atom. The molecule has 2 N–H and O–H groups in total. The third kappa shape index (κ3) is 2.34. The van der Waals surface area contributed by atoms with Gasteiger partial charge in [0.2, 0.25) is 0 Å². The smallest absolute Gasteiger partial charge is 0.0960 e. The predicted octanol–water partition coefficient (Wildman–Crippen LogP) is 2.95. The van der Waals surface area contributed by atoms with Crippen molar-refractivity contribution in [3.8, 4) is 0 Å². The minimum atomic E-state index is 0.464. The molecule has 0 spiro atoms. The van der Waals surface area contributed by atoms with E-state index in [4.69, 9.17) is 5.73 Å². The summed E-state index contributed by atoms with van der Waals surface area (Å²) in [4.78, 5) is 4.48. The van der Waals surface area contributed by atoms with Gasteiger partial charge < -0.3 is 10.3 Å². The first-order valence-electron chi connectivity index (χ1n) is 6.27. The summed E-state index contributed by atoms with van der Waals surface area (Å²) in [5.74, 6) is 0. The van der Waals surface area contributed by atoms with Crippen LogP contribution in [0.25, 0.3) is 11.0 Å². The maximum Gasteiger partial charge on any atom is 0.0960 e. The topological polar surface area (TPSA) is 43.8 Å². The summed E-state index contributed by atoms with van der Waals surface area (Å²) in [6, 6.07) is 4.86. The van der Waals surface area contributed by atoms with Crippen LogP contribution in [0.4, 0.5) is 0 Å². The molecular weight excluding hydrogens is 210 g/mol. The highest BCUT2D eigenvalue weighted by molar-refractivity contribution is 5.77. The van der Waals surface area contributed by atoms with Crippen molar-refractivity contribution < 1.29 is 0 Å². The molecule has 92 valence electrons. The van der Waals surface area contributed by atoms with Crippen LogP contribution in [0, 0.1) is 13.8 Å². The van der Waals surface area contributed by atoms with Gasteiger partial charge in [-0.05, 0) is 63.4 Å². The molecule has 2 rings (SSSR count). The largest absolute Gasteiger partial charge is 0.330 e. The van der Waals surface area contributed by atoms with E-state index in [1.54, 1.807) is 0 Å². The zero-order chi connectivity index (χ0) is 12.4. The van der Waals surface area contributed by atoms with Crippen LogP contribution in [0.3, 0.4) is 0 Å². The highest BCUT2D eigenvalue weighted by atomic mass is 15.1. The van der Waals surface area contributed by atoms with Crippen LogP contribution in [-0.2, 0) is 0 Å². The van der Waals surface area contributed by atoms with Gasteiger partial charge in [-0.3, -0.25) is 0 Å². The van der Waals surface area contributed by atoms with Gasteiger partial charge in [-0.1, -0.05) is 0 Å². The minimum absolute atomic E-state index is 0.464. The van der Waals surface area contributed by atoms with E-state index in [1.165, 1.54) is 16.6 Å². The van der Waals surface area contributed by atoms with Crippen LogP contribution in [0.2, 0.25) is 0 Å². The number of benzene rings is 1. The molecule has 0 bridgehead atoms. The van der Waals surface area contributed by atoms with Gasteiger partial charge in [0.1, 0.15) is 0 Å². The molecule has 1 unspecified atom stereocenters. The molecule has 1 atom stereocenters. The third-order valence-corrected chi connectivity index (χ3v) is 3.49. The highest BCUT2D eigenvalue weighted by Gasteiger charge is 2.09. The molecule has 3 heteroatoms. The second-order valence-corrected chi connectivity index (χ2v) is 4.86. The average molecular weight is 231 g/mol. The van der Waals surface area contributed by atoms with Crippen molar-refractivity contribution in [2.75, 3.05) is 6.54 Å². The van der Waals surface area contributed by atoms with Crippen LogP contribution in [0.1, 0.15) is 36.9 Å². The highest BCUT2D eigenvalue weighted by Crippen LogP contribution is 2.23. The van der Waals surface area contributed by atoms with Gasteiger partial charge in [0, 0.05) is 6.04 Å². The fourth-order valence-electron chi connectivity index (χ4n) is 2.19. The molecule has 0 aliphatic carbocycles. The number of aromatic nitrogens is 2. The molecule has 1 aromatic carbocycles. The monoisotopic (exact) mass is 231 g/mol. The number of imidazole rings is 1. The summed E-state index contributed by atoms with van der Waals surface area (Å²) in [6.07, 6.45) is 4.12. The van der Waals surface area contributed by atoms with Gasteiger partial charge in [0.05, 0.1) is 17.4 Å². The molecule has 3 nitrogen and oxygen atoms in total. The van der Waals surface area contributed by atoms with Crippen LogP contribution in [0.5, 0.6) is 0 Å². The lowest BCUT2D eigenvalue weighted by molar-refractivity contribution is 0.503. The average Bonchev–Trinajstić information content (AvgIpc) is 2.69. The van der Waals surface area contributed by atoms with E-state index >= 15 is 0 Å². The summed E-state index contributed by atoms with van der Waals surface area (Å²) in [6.45, 7) is 7.27. The second-order valence-electron chi connectivity index (χ2n) is 4.86. The Labute approximate surface area is 103 Å². The first kappa shape index (κ1) is 12.1. The van der Waals surface area contributed by atoms with Crippen molar-refractivity contribution in [1.29, 1.82) is 0 Å². The van der Waals surface area contributed by atoms with Crippen molar-refractivity contribution in [1.82, 2.24) is 9.55 Å². The van der Waals surface area contributed by atoms with E-state index in [0.29, 0.717) is 6.04 Å². The lowest BCUT2D eigenvalue weighted by atomic mass is 10.1. The fourth-order valence-corrected chi connectivity index (χ4v) is 2.19. The van der Waals surface area contributed by atoms with Gasteiger partial charge in [0.25, 0.3) is 0 Å². The number of nitrogens with two attached hydrogens (primary N) is 1. The molecule has 0 aliphatic rings. The normalized spacial score (nSPS) is 13.2. The van der Waals surface area contributed by atoms with Gasteiger partial charge in [-0.2, -0.15) is 0 Å². The number of fused-ring (bicyclic) bond motifs is 1. The Bertz CT molecular complexity index is 513. The van der Waals surface area contributed by atoms with Gasteiger partial charge in [-0.25, -0.2) is 4.98 Å². The first-order chi connectivity index (χ1) is 8.13. The van der Waals surface area contributed by atoms with Crippen LogP contribution in [0.15, 0.2) is 18.5 Å². The third-order valence-electron chi connectivity index (χ3n) is 3.49. The van der Waals surface area contributed by atoms with Crippen LogP contribution in [-0.4, -0.2) is 16.1 Å².